The van der Waals surface area contributed by atoms with Crippen LogP contribution in [-0.4, -0.2) is 12.5 Å². The van der Waals surface area contributed by atoms with E-state index >= 15 is 0 Å². The molecule has 3 atom stereocenters. The van der Waals surface area contributed by atoms with Crippen molar-refractivity contribution in [2.75, 3.05) is 7.11 Å². The van der Waals surface area contributed by atoms with E-state index in [0.29, 0.717) is 11.3 Å². The first-order valence-electron chi connectivity index (χ1n) is 6.56. The second-order valence-corrected chi connectivity index (χ2v) is 6.83. The molecule has 0 aliphatic heterocycles. The van der Waals surface area contributed by atoms with Gasteiger partial charge in [0.1, 0.15) is 5.75 Å². The van der Waals surface area contributed by atoms with Crippen LogP contribution in [0.3, 0.4) is 0 Å². The van der Waals surface area contributed by atoms with Crippen LogP contribution in [0.4, 0.5) is 0 Å². The van der Waals surface area contributed by atoms with Crippen molar-refractivity contribution in [3.8, 4) is 5.75 Å². The predicted octanol–water partition coefficient (Wildman–Crippen LogP) is 5.04. The number of ether oxygens (including phenoxy) is 1. The summed E-state index contributed by atoms with van der Waals surface area (Å²) in [5.74, 6) is 2.34. The van der Waals surface area contributed by atoms with Crippen molar-refractivity contribution >= 4 is 27.5 Å². The largest absolute Gasteiger partial charge is 0.496 e. The Morgan fingerprint density at radius 3 is 2.89 bits per heavy atom. The SMILES string of the molecule is COc1ccc(Br)cc1CC1CC(C)CCC1Cl. The van der Waals surface area contributed by atoms with E-state index < -0.39 is 0 Å². The van der Waals surface area contributed by atoms with Crippen LogP contribution < -0.4 is 4.74 Å². The number of halogens is 2. The van der Waals surface area contributed by atoms with E-state index in [1.807, 2.05) is 12.1 Å². The number of rotatable bonds is 3. The van der Waals surface area contributed by atoms with Gasteiger partial charge in [0.25, 0.3) is 0 Å². The number of hydrogen-bond donors (Lipinski definition) is 0. The topological polar surface area (TPSA) is 9.23 Å². The van der Waals surface area contributed by atoms with Crippen molar-refractivity contribution < 1.29 is 4.74 Å². The molecule has 1 aliphatic rings. The summed E-state index contributed by atoms with van der Waals surface area (Å²) < 4.78 is 6.54. The summed E-state index contributed by atoms with van der Waals surface area (Å²) in [6, 6.07) is 6.20. The molecule has 1 aromatic carbocycles. The van der Waals surface area contributed by atoms with Crippen LogP contribution in [0, 0.1) is 11.8 Å². The second kappa shape index (κ2) is 6.29. The van der Waals surface area contributed by atoms with Crippen molar-refractivity contribution in [2.45, 2.75) is 38.0 Å². The average molecular weight is 332 g/mol. The molecule has 100 valence electrons. The summed E-state index contributed by atoms with van der Waals surface area (Å²) in [5.41, 5.74) is 1.26. The van der Waals surface area contributed by atoms with Gasteiger partial charge in [0.15, 0.2) is 0 Å². The molecule has 2 rings (SSSR count). The molecule has 0 amide bonds. The van der Waals surface area contributed by atoms with Gasteiger partial charge < -0.3 is 4.74 Å². The standard InChI is InChI=1S/C15H20BrClO/c1-10-3-5-14(17)11(7-10)8-12-9-13(16)4-6-15(12)18-2/h4,6,9-11,14H,3,5,7-8H2,1-2H3. The minimum atomic E-state index is 0.310. The monoisotopic (exact) mass is 330 g/mol. The van der Waals surface area contributed by atoms with Crippen molar-refractivity contribution in [1.82, 2.24) is 0 Å². The van der Waals surface area contributed by atoms with E-state index in [1.165, 1.54) is 18.4 Å². The number of hydrogen-bond acceptors (Lipinski definition) is 1. The maximum atomic E-state index is 6.48. The highest BCUT2D eigenvalue weighted by atomic mass is 79.9. The van der Waals surface area contributed by atoms with Gasteiger partial charge in [-0.15, -0.1) is 11.6 Å². The Balaban J connectivity index is 2.14. The highest BCUT2D eigenvalue weighted by Crippen LogP contribution is 2.36. The average Bonchev–Trinajstić information content (AvgIpc) is 2.34. The number of benzene rings is 1. The van der Waals surface area contributed by atoms with Gasteiger partial charge in [-0.05, 0) is 61.3 Å². The quantitative estimate of drug-likeness (QED) is 0.705. The molecule has 0 saturated heterocycles. The van der Waals surface area contributed by atoms with E-state index in [9.17, 15) is 0 Å². The Hall–Kier alpha value is -0.210. The maximum Gasteiger partial charge on any atom is 0.122 e. The lowest BCUT2D eigenvalue weighted by molar-refractivity contribution is 0.284. The first-order chi connectivity index (χ1) is 8.60. The van der Waals surface area contributed by atoms with Gasteiger partial charge in [0.05, 0.1) is 7.11 Å². The molecule has 1 fully saturated rings. The fourth-order valence-corrected chi connectivity index (χ4v) is 3.59. The third kappa shape index (κ3) is 3.42. The van der Waals surface area contributed by atoms with E-state index in [4.69, 9.17) is 16.3 Å². The first-order valence-corrected chi connectivity index (χ1v) is 7.79. The predicted molar refractivity (Wildman–Crippen MR) is 80.5 cm³/mol. The zero-order chi connectivity index (χ0) is 13.1. The van der Waals surface area contributed by atoms with Gasteiger partial charge in [-0.2, -0.15) is 0 Å². The Labute approximate surface area is 123 Å². The molecular weight excluding hydrogens is 312 g/mol. The summed E-state index contributed by atoms with van der Waals surface area (Å²) in [6.07, 6.45) is 4.65. The van der Waals surface area contributed by atoms with Crippen LogP contribution in [0.1, 0.15) is 31.7 Å². The van der Waals surface area contributed by atoms with E-state index in [-0.39, 0.29) is 0 Å². The lowest BCUT2D eigenvalue weighted by Gasteiger charge is -2.31. The van der Waals surface area contributed by atoms with Gasteiger partial charge >= 0.3 is 0 Å². The third-order valence-electron chi connectivity index (χ3n) is 3.88. The fourth-order valence-electron chi connectivity index (χ4n) is 2.86. The van der Waals surface area contributed by atoms with Gasteiger partial charge in [-0.25, -0.2) is 0 Å². The van der Waals surface area contributed by atoms with Crippen LogP contribution in [0.5, 0.6) is 5.75 Å². The minimum Gasteiger partial charge on any atom is -0.496 e. The molecular formula is C15H20BrClO. The van der Waals surface area contributed by atoms with Gasteiger partial charge in [0, 0.05) is 9.85 Å². The van der Waals surface area contributed by atoms with Crippen molar-refractivity contribution in [2.24, 2.45) is 11.8 Å². The zero-order valence-corrected chi connectivity index (χ0v) is 13.3. The molecule has 3 heteroatoms. The number of alkyl halides is 1. The maximum absolute atomic E-state index is 6.48. The number of methoxy groups -OCH3 is 1. The molecule has 18 heavy (non-hydrogen) atoms. The molecule has 0 bridgehead atoms. The Morgan fingerprint density at radius 2 is 2.17 bits per heavy atom. The highest BCUT2D eigenvalue weighted by Gasteiger charge is 2.27. The van der Waals surface area contributed by atoms with Crippen molar-refractivity contribution in [1.29, 1.82) is 0 Å². The van der Waals surface area contributed by atoms with Crippen LogP contribution in [-0.2, 0) is 6.42 Å². The molecule has 1 aliphatic carbocycles. The third-order valence-corrected chi connectivity index (χ3v) is 4.94. The summed E-state index contributed by atoms with van der Waals surface area (Å²) in [6.45, 7) is 2.33. The zero-order valence-electron chi connectivity index (χ0n) is 11.0. The Morgan fingerprint density at radius 1 is 1.39 bits per heavy atom. The lowest BCUT2D eigenvalue weighted by Crippen LogP contribution is -2.26. The van der Waals surface area contributed by atoms with Gasteiger partial charge in [-0.3, -0.25) is 0 Å². The van der Waals surface area contributed by atoms with E-state index in [0.717, 1.165) is 29.0 Å². The van der Waals surface area contributed by atoms with Gasteiger partial charge in [0.2, 0.25) is 0 Å². The summed E-state index contributed by atoms with van der Waals surface area (Å²) in [4.78, 5) is 0. The molecule has 0 aromatic heterocycles. The molecule has 0 N–H and O–H groups in total. The Bertz CT molecular complexity index is 407. The van der Waals surface area contributed by atoms with Gasteiger partial charge in [-0.1, -0.05) is 22.9 Å². The molecule has 1 nitrogen and oxygen atoms in total. The summed E-state index contributed by atoms with van der Waals surface area (Å²) >= 11 is 10.0. The van der Waals surface area contributed by atoms with Crippen LogP contribution in [0.2, 0.25) is 0 Å². The fraction of sp³-hybridized carbons (Fsp3) is 0.600. The Kier molecular flexibility index (Phi) is 4.97. The molecule has 1 aromatic rings. The normalized spacial score (nSPS) is 28.1. The highest BCUT2D eigenvalue weighted by molar-refractivity contribution is 9.10. The summed E-state index contributed by atoms with van der Waals surface area (Å²) in [5, 5.41) is 0.310. The van der Waals surface area contributed by atoms with Crippen LogP contribution in [0.15, 0.2) is 22.7 Å². The molecule has 1 saturated carbocycles. The van der Waals surface area contributed by atoms with Crippen LogP contribution in [0.25, 0.3) is 0 Å². The van der Waals surface area contributed by atoms with E-state index in [1.54, 1.807) is 7.11 Å². The van der Waals surface area contributed by atoms with E-state index in [2.05, 4.69) is 28.9 Å². The smallest absolute Gasteiger partial charge is 0.122 e. The molecule has 0 radical (unpaired) electrons. The lowest BCUT2D eigenvalue weighted by atomic mass is 9.79. The summed E-state index contributed by atoms with van der Waals surface area (Å²) in [7, 11) is 1.73. The van der Waals surface area contributed by atoms with Crippen LogP contribution >= 0.6 is 27.5 Å². The first kappa shape index (κ1) is 14.2. The minimum absolute atomic E-state index is 0.310. The molecule has 3 unspecified atom stereocenters. The van der Waals surface area contributed by atoms with Crippen molar-refractivity contribution in [3.63, 3.8) is 0 Å². The second-order valence-electron chi connectivity index (χ2n) is 5.35. The molecule has 0 spiro atoms. The molecule has 0 heterocycles. The van der Waals surface area contributed by atoms with Crippen molar-refractivity contribution in [3.05, 3.63) is 28.2 Å².